The van der Waals surface area contributed by atoms with Gasteiger partial charge in [0.2, 0.25) is 0 Å². The van der Waals surface area contributed by atoms with Crippen LogP contribution in [0.4, 0.5) is 57.5 Å². The first-order valence-electron chi connectivity index (χ1n) is 12.1. The number of aliphatic hydroxyl groups is 1. The molecule has 0 bridgehead atoms. The molecule has 3 aromatic carbocycles. The zero-order chi connectivity index (χ0) is 33.1. The summed E-state index contributed by atoms with van der Waals surface area (Å²) in [6.07, 6.45) is -22.7. The first kappa shape index (κ1) is 34.3. The second kappa shape index (κ2) is 12.5. The first-order valence-corrected chi connectivity index (χ1v) is 12.1. The smallest absolute Gasteiger partial charge is 0.428 e. The lowest BCUT2D eigenvalue weighted by molar-refractivity contribution is -0.364. The maximum absolute atomic E-state index is 14.8. The highest BCUT2D eigenvalue weighted by atomic mass is 19.4. The summed E-state index contributed by atoms with van der Waals surface area (Å²) < 4.78 is 165. The van der Waals surface area contributed by atoms with E-state index in [0.717, 1.165) is 24.3 Å². The molecule has 2 amide bonds. The van der Waals surface area contributed by atoms with Crippen LogP contribution in [-0.2, 0) is 12.0 Å². The fraction of sp³-hybridized carbons (Fsp3) is 0.296. The lowest BCUT2D eigenvalue weighted by atomic mass is 9.77. The van der Waals surface area contributed by atoms with Crippen LogP contribution in [0, 0.1) is 11.6 Å². The average molecular weight is 648 g/mol. The van der Waals surface area contributed by atoms with Gasteiger partial charge in [-0.3, -0.25) is 0 Å². The van der Waals surface area contributed by atoms with Crippen molar-refractivity contribution in [3.8, 4) is 5.75 Å². The third-order valence-electron chi connectivity index (χ3n) is 6.29. The number of carbonyl (C=O) groups is 1. The van der Waals surface area contributed by atoms with E-state index in [1.165, 1.54) is 35.6 Å². The van der Waals surface area contributed by atoms with Gasteiger partial charge in [-0.1, -0.05) is 42.5 Å². The van der Waals surface area contributed by atoms with Crippen molar-refractivity contribution in [2.75, 3.05) is 6.54 Å². The van der Waals surface area contributed by atoms with E-state index in [2.05, 4.69) is 10.1 Å². The van der Waals surface area contributed by atoms with Crippen LogP contribution in [0.5, 0.6) is 5.75 Å². The summed E-state index contributed by atoms with van der Waals surface area (Å²) in [5.74, 6) is -3.49. The van der Waals surface area contributed by atoms with Crippen LogP contribution in [-0.4, -0.2) is 48.2 Å². The topological polar surface area (TPSA) is 70.6 Å². The summed E-state index contributed by atoms with van der Waals surface area (Å²) in [5.41, 5.74) is -8.34. The third kappa shape index (κ3) is 7.49. The highest BCUT2D eigenvalue weighted by Gasteiger charge is 2.70. The average Bonchev–Trinajstić information content (AvgIpc) is 2.90. The summed E-state index contributed by atoms with van der Waals surface area (Å²) in [7, 11) is 0. The van der Waals surface area contributed by atoms with Crippen LogP contribution in [0.25, 0.3) is 0 Å². The fourth-order valence-corrected chi connectivity index (χ4v) is 4.07. The summed E-state index contributed by atoms with van der Waals surface area (Å²) in [6, 6.07) is 10.4. The number of nitrogens with one attached hydrogen (secondary N) is 2. The Morgan fingerprint density at radius 3 is 1.86 bits per heavy atom. The molecule has 3 N–H and O–H groups in total. The van der Waals surface area contributed by atoms with Crippen LogP contribution in [0.2, 0.25) is 0 Å². The van der Waals surface area contributed by atoms with Crippen molar-refractivity contribution in [1.29, 1.82) is 0 Å². The normalized spacial score (nSPS) is 14.2. The molecule has 5 nitrogen and oxygen atoms in total. The van der Waals surface area contributed by atoms with Gasteiger partial charge in [0.05, 0.1) is 12.1 Å². The summed E-state index contributed by atoms with van der Waals surface area (Å²) >= 11 is 0. The van der Waals surface area contributed by atoms with Gasteiger partial charge in [-0.25, -0.2) is 13.6 Å². The molecule has 0 unspecified atom stereocenters. The molecule has 0 heterocycles. The number of rotatable bonds is 10. The van der Waals surface area contributed by atoms with Crippen LogP contribution in [0.3, 0.4) is 0 Å². The molecule has 0 fully saturated rings. The van der Waals surface area contributed by atoms with Crippen molar-refractivity contribution in [2.24, 2.45) is 0 Å². The van der Waals surface area contributed by atoms with Gasteiger partial charge in [0.15, 0.2) is 0 Å². The van der Waals surface area contributed by atoms with Gasteiger partial charge in [-0.2, -0.15) is 43.9 Å². The number of hydrogen-bond acceptors (Lipinski definition) is 3. The van der Waals surface area contributed by atoms with Gasteiger partial charge in [0, 0.05) is 12.5 Å². The lowest BCUT2D eigenvalue weighted by Crippen LogP contribution is -2.64. The van der Waals surface area contributed by atoms with Crippen molar-refractivity contribution < 1.29 is 67.3 Å². The molecule has 240 valence electrons. The summed E-state index contributed by atoms with van der Waals surface area (Å²) in [6.45, 7) is -2.46. The van der Waals surface area contributed by atoms with Gasteiger partial charge >= 0.3 is 30.9 Å². The van der Waals surface area contributed by atoms with E-state index < -0.39 is 78.0 Å². The highest BCUT2D eigenvalue weighted by Crippen LogP contribution is 2.43. The van der Waals surface area contributed by atoms with Crippen molar-refractivity contribution in [3.63, 3.8) is 0 Å². The van der Waals surface area contributed by atoms with Crippen molar-refractivity contribution >= 4 is 6.03 Å². The molecule has 0 aliphatic heterocycles. The molecule has 0 saturated heterocycles. The second-order valence-corrected chi connectivity index (χ2v) is 9.38. The van der Waals surface area contributed by atoms with Gasteiger partial charge in [-0.15, -0.1) is 0 Å². The molecule has 1 atom stereocenters. The van der Waals surface area contributed by atoms with E-state index in [-0.39, 0.29) is 17.2 Å². The Morgan fingerprint density at radius 2 is 1.34 bits per heavy atom. The maximum atomic E-state index is 14.8. The van der Waals surface area contributed by atoms with Crippen LogP contribution >= 0.6 is 0 Å². The minimum atomic E-state index is -6.32. The second-order valence-electron chi connectivity index (χ2n) is 9.38. The quantitative estimate of drug-likeness (QED) is 0.211. The van der Waals surface area contributed by atoms with Gasteiger partial charge in [0.1, 0.15) is 17.4 Å². The summed E-state index contributed by atoms with van der Waals surface area (Å²) in [4.78, 5) is 13.0. The molecule has 0 aliphatic rings. The van der Waals surface area contributed by atoms with Crippen LogP contribution < -0.4 is 15.4 Å². The minimum Gasteiger partial charge on any atom is -0.428 e. The number of benzene rings is 3. The third-order valence-corrected chi connectivity index (χ3v) is 6.29. The number of ether oxygens (including phenoxy) is 1. The molecule has 17 heteroatoms. The summed E-state index contributed by atoms with van der Waals surface area (Å²) in [5, 5.41) is 12.7. The Bertz CT molecular complexity index is 1420. The van der Waals surface area contributed by atoms with Gasteiger partial charge < -0.3 is 20.5 Å². The molecule has 3 rings (SSSR count). The van der Waals surface area contributed by atoms with Gasteiger partial charge in [0.25, 0.3) is 5.60 Å². The van der Waals surface area contributed by atoms with E-state index in [9.17, 15) is 62.6 Å². The predicted molar refractivity (Wildman–Crippen MR) is 129 cm³/mol. The van der Waals surface area contributed by atoms with Crippen molar-refractivity contribution in [1.82, 2.24) is 10.6 Å². The molecular weight excluding hydrogens is 628 g/mol. The lowest BCUT2D eigenvalue weighted by Gasteiger charge is -2.38. The number of hydrogen-bond donors (Lipinski definition) is 3. The van der Waals surface area contributed by atoms with E-state index in [1.54, 1.807) is 0 Å². The Balaban J connectivity index is 2.20. The molecular formula is C27H20F12N2O3. The van der Waals surface area contributed by atoms with Crippen molar-refractivity contribution in [2.45, 2.75) is 42.4 Å². The highest BCUT2D eigenvalue weighted by molar-refractivity contribution is 5.76. The van der Waals surface area contributed by atoms with E-state index in [4.69, 9.17) is 0 Å². The Hall–Kier alpha value is -4.15. The minimum absolute atomic E-state index is 0.225. The zero-order valence-electron chi connectivity index (χ0n) is 21.7. The van der Waals surface area contributed by atoms with E-state index in [0.29, 0.717) is 12.1 Å². The van der Waals surface area contributed by atoms with Gasteiger partial charge in [-0.05, 0) is 41.0 Å². The van der Waals surface area contributed by atoms with Crippen LogP contribution in [0.1, 0.15) is 16.7 Å². The van der Waals surface area contributed by atoms with Crippen LogP contribution in [0.15, 0.2) is 72.8 Å². The molecule has 0 spiro atoms. The maximum Gasteiger partial charge on any atom is 0.461 e. The number of halogens is 12. The van der Waals surface area contributed by atoms with Crippen molar-refractivity contribution in [3.05, 3.63) is 101 Å². The number of urea groups is 1. The standard InChI is InChI=1S/C27H20F12N2O3/c28-18-8-6-16(7-9-18)23(13-15-4-2-1-3-5-15,17-10-19(29)12-20(11-17)44-25(32,33)21(30)31)41-22(42)40-14-24(43,26(34,35)36)27(37,38)39/h1-12,21,43H,13-14H2,(H2,40,41,42)/t23-/m1/s1. The number of amides is 2. The fourth-order valence-electron chi connectivity index (χ4n) is 4.07. The molecule has 0 aromatic heterocycles. The van der Waals surface area contributed by atoms with E-state index >= 15 is 0 Å². The number of alkyl halides is 10. The SMILES string of the molecule is O=C(NCC(O)(C(F)(F)F)C(F)(F)F)N[C@](Cc1ccccc1)(c1ccc(F)cc1)c1cc(F)cc(OC(F)(F)C(F)F)c1. The van der Waals surface area contributed by atoms with E-state index in [1.807, 2.05) is 0 Å². The Labute approximate surface area is 240 Å². The Morgan fingerprint density at radius 1 is 0.773 bits per heavy atom. The Kier molecular flexibility index (Phi) is 9.72. The molecule has 0 saturated carbocycles. The zero-order valence-corrected chi connectivity index (χ0v) is 21.7. The largest absolute Gasteiger partial charge is 0.461 e. The molecule has 44 heavy (non-hydrogen) atoms. The molecule has 0 aliphatic carbocycles. The molecule has 0 radical (unpaired) electrons. The molecule has 3 aromatic rings. The monoisotopic (exact) mass is 648 g/mol. The predicted octanol–water partition coefficient (Wildman–Crippen LogP) is 6.84. The number of carbonyl (C=O) groups excluding carboxylic acids is 1. The first-order chi connectivity index (χ1) is 20.2.